The predicted molar refractivity (Wildman–Crippen MR) is 57.0 cm³/mol. The Hall–Kier alpha value is -0.995. The highest BCUT2D eigenvalue weighted by Gasteiger charge is 1.88. The van der Waals surface area contributed by atoms with Gasteiger partial charge >= 0.3 is 7.69 Å². The third kappa shape index (κ3) is 7.64. The van der Waals surface area contributed by atoms with E-state index in [4.69, 9.17) is 14.8 Å². The molecular formula is C10H16BO3. The maximum Gasteiger partial charge on any atom is 0.482 e. The molecule has 0 amide bonds. The first-order chi connectivity index (χ1) is 6.85. The summed E-state index contributed by atoms with van der Waals surface area (Å²) < 4.78 is 5.45. The molecule has 77 valence electrons. The number of para-hydroxylation sites is 1. The average molecular weight is 195 g/mol. The molecule has 0 saturated carbocycles. The molecule has 1 rings (SSSR count). The van der Waals surface area contributed by atoms with E-state index in [1.54, 1.807) is 0 Å². The first-order valence-electron chi connectivity index (χ1n) is 4.63. The van der Waals surface area contributed by atoms with Gasteiger partial charge in [-0.15, -0.1) is 0 Å². The summed E-state index contributed by atoms with van der Waals surface area (Å²) >= 11 is 0. The van der Waals surface area contributed by atoms with Crippen molar-refractivity contribution in [2.45, 2.75) is 19.8 Å². The van der Waals surface area contributed by atoms with Crippen LogP contribution in [0, 0.1) is 0 Å². The highest BCUT2D eigenvalue weighted by Crippen LogP contribution is 2.08. The fourth-order valence-electron chi connectivity index (χ4n) is 0.851. The zero-order chi connectivity index (χ0) is 10.6. The van der Waals surface area contributed by atoms with E-state index in [1.165, 1.54) is 6.42 Å². The molecular weight excluding hydrogens is 179 g/mol. The lowest BCUT2D eigenvalue weighted by atomic mass is 10.3. The molecule has 1 aromatic carbocycles. The van der Waals surface area contributed by atoms with Crippen molar-refractivity contribution in [3.63, 3.8) is 0 Å². The Morgan fingerprint density at radius 3 is 2.29 bits per heavy atom. The van der Waals surface area contributed by atoms with Crippen LogP contribution >= 0.6 is 0 Å². The normalized spacial score (nSPS) is 8.50. The number of hydrogen-bond acceptors (Lipinski definition) is 3. The van der Waals surface area contributed by atoms with Gasteiger partial charge in [0, 0.05) is 0 Å². The molecule has 3 nitrogen and oxygen atoms in total. The molecule has 0 fully saturated rings. The summed E-state index contributed by atoms with van der Waals surface area (Å²) in [6, 6.07) is 9.93. The summed E-state index contributed by atoms with van der Waals surface area (Å²) in [6.07, 6.45) is 2.32. The van der Waals surface area contributed by atoms with Crippen molar-refractivity contribution in [1.29, 1.82) is 0 Å². The Morgan fingerprint density at radius 2 is 1.79 bits per heavy atom. The zero-order valence-electron chi connectivity index (χ0n) is 8.39. The van der Waals surface area contributed by atoms with Crippen LogP contribution in [0.25, 0.3) is 0 Å². The van der Waals surface area contributed by atoms with Crippen molar-refractivity contribution < 1.29 is 14.8 Å². The summed E-state index contributed by atoms with van der Waals surface area (Å²) in [4.78, 5) is 0. The van der Waals surface area contributed by atoms with Crippen molar-refractivity contribution in [2.24, 2.45) is 0 Å². The van der Waals surface area contributed by atoms with Gasteiger partial charge in [0.25, 0.3) is 0 Å². The third-order valence-corrected chi connectivity index (χ3v) is 1.51. The van der Waals surface area contributed by atoms with Gasteiger partial charge in [-0.3, -0.25) is 0 Å². The average Bonchev–Trinajstić information content (AvgIpc) is 2.21. The van der Waals surface area contributed by atoms with Crippen LogP contribution in [0.4, 0.5) is 0 Å². The Morgan fingerprint density at radius 1 is 1.21 bits per heavy atom. The molecule has 0 unspecified atom stereocenters. The lowest BCUT2D eigenvalue weighted by Gasteiger charge is -2.03. The van der Waals surface area contributed by atoms with E-state index >= 15 is 0 Å². The number of hydrogen-bond donors (Lipinski definition) is 2. The standard InChI is InChI=1S/C10H14O.BH2O2/c1-2-3-9-11-10-7-5-4-6-8-10;2-1-3/h4-8H,2-3,9H2,1H3;2-3H. The highest BCUT2D eigenvalue weighted by molar-refractivity contribution is 6.13. The van der Waals surface area contributed by atoms with E-state index in [9.17, 15) is 0 Å². The van der Waals surface area contributed by atoms with Gasteiger partial charge in [-0.1, -0.05) is 31.5 Å². The second-order valence-electron chi connectivity index (χ2n) is 2.63. The number of ether oxygens (including phenoxy) is 1. The van der Waals surface area contributed by atoms with E-state index in [0.717, 1.165) is 18.8 Å². The molecule has 14 heavy (non-hydrogen) atoms. The van der Waals surface area contributed by atoms with Crippen LogP contribution in [0.3, 0.4) is 0 Å². The first-order valence-corrected chi connectivity index (χ1v) is 4.63. The molecule has 0 saturated heterocycles. The van der Waals surface area contributed by atoms with Crippen molar-refractivity contribution in [1.82, 2.24) is 0 Å². The van der Waals surface area contributed by atoms with E-state index in [1.807, 2.05) is 30.3 Å². The zero-order valence-corrected chi connectivity index (χ0v) is 8.39. The molecule has 1 radical (unpaired) electrons. The maximum atomic E-state index is 7.00. The minimum Gasteiger partial charge on any atom is -0.494 e. The fourth-order valence-corrected chi connectivity index (χ4v) is 0.851. The molecule has 0 aliphatic carbocycles. The smallest absolute Gasteiger partial charge is 0.482 e. The van der Waals surface area contributed by atoms with Crippen LogP contribution in [0.1, 0.15) is 19.8 Å². The van der Waals surface area contributed by atoms with Crippen LogP contribution in [0.2, 0.25) is 0 Å². The first kappa shape index (κ1) is 13.0. The van der Waals surface area contributed by atoms with Gasteiger partial charge in [0.2, 0.25) is 0 Å². The van der Waals surface area contributed by atoms with Crippen LogP contribution in [0.15, 0.2) is 30.3 Å². The van der Waals surface area contributed by atoms with Crippen LogP contribution < -0.4 is 4.74 Å². The molecule has 2 N–H and O–H groups in total. The van der Waals surface area contributed by atoms with E-state index < -0.39 is 0 Å². The lowest BCUT2D eigenvalue weighted by Crippen LogP contribution is -1.95. The number of unbranched alkanes of at least 4 members (excludes halogenated alkanes) is 1. The van der Waals surface area contributed by atoms with Gasteiger partial charge in [-0.2, -0.15) is 0 Å². The maximum absolute atomic E-state index is 7.00. The molecule has 0 atom stereocenters. The van der Waals surface area contributed by atoms with Crippen molar-refractivity contribution >= 4 is 7.69 Å². The minimum absolute atomic E-state index is 0. The molecule has 1 aromatic rings. The second kappa shape index (κ2) is 10.1. The Bertz CT molecular complexity index is 204. The van der Waals surface area contributed by atoms with Gasteiger partial charge in [0.05, 0.1) is 6.61 Å². The molecule has 0 bridgehead atoms. The Balaban J connectivity index is 0.000000500. The number of benzene rings is 1. The molecule has 0 spiro atoms. The van der Waals surface area contributed by atoms with Crippen molar-refractivity contribution in [2.75, 3.05) is 6.61 Å². The van der Waals surface area contributed by atoms with Crippen molar-refractivity contribution in [3.05, 3.63) is 30.3 Å². The van der Waals surface area contributed by atoms with E-state index in [2.05, 4.69) is 6.92 Å². The highest BCUT2D eigenvalue weighted by atomic mass is 16.5. The van der Waals surface area contributed by atoms with Crippen LogP contribution in [-0.2, 0) is 0 Å². The largest absolute Gasteiger partial charge is 0.494 e. The van der Waals surface area contributed by atoms with Crippen LogP contribution in [-0.4, -0.2) is 24.3 Å². The van der Waals surface area contributed by atoms with Gasteiger partial charge in [0.1, 0.15) is 5.75 Å². The monoisotopic (exact) mass is 195 g/mol. The van der Waals surface area contributed by atoms with Crippen molar-refractivity contribution in [3.8, 4) is 5.75 Å². The van der Waals surface area contributed by atoms with Crippen LogP contribution in [0.5, 0.6) is 5.75 Å². The summed E-state index contributed by atoms with van der Waals surface area (Å²) in [5.74, 6) is 0.973. The summed E-state index contributed by atoms with van der Waals surface area (Å²) in [5.41, 5.74) is 0. The molecule has 0 aromatic heterocycles. The van der Waals surface area contributed by atoms with Gasteiger partial charge in [0.15, 0.2) is 0 Å². The fraction of sp³-hybridized carbons (Fsp3) is 0.400. The number of rotatable bonds is 4. The SMILES string of the molecule is CCCCOc1ccccc1.O[B]O. The van der Waals surface area contributed by atoms with Gasteiger partial charge in [-0.05, 0) is 18.6 Å². The topological polar surface area (TPSA) is 49.7 Å². The van der Waals surface area contributed by atoms with Gasteiger partial charge in [-0.25, -0.2) is 0 Å². The predicted octanol–water partition coefficient (Wildman–Crippen LogP) is 1.37. The molecule has 0 heterocycles. The molecule has 4 heteroatoms. The van der Waals surface area contributed by atoms with E-state index in [-0.39, 0.29) is 7.69 Å². The van der Waals surface area contributed by atoms with Gasteiger partial charge < -0.3 is 14.8 Å². The minimum atomic E-state index is 0. The Labute approximate surface area is 85.7 Å². The van der Waals surface area contributed by atoms with E-state index in [0.29, 0.717) is 0 Å². The lowest BCUT2D eigenvalue weighted by molar-refractivity contribution is 0.309. The summed E-state index contributed by atoms with van der Waals surface area (Å²) in [7, 11) is 0. The Kier molecular flexibility index (Phi) is 9.37. The molecule has 0 aliphatic heterocycles. The quantitative estimate of drug-likeness (QED) is 0.563. The summed E-state index contributed by atoms with van der Waals surface area (Å²) in [6.45, 7) is 2.99. The second-order valence-corrected chi connectivity index (χ2v) is 2.63. The summed E-state index contributed by atoms with van der Waals surface area (Å²) in [5, 5.41) is 14.0. The molecule has 0 aliphatic rings. The third-order valence-electron chi connectivity index (χ3n) is 1.51.